The number of sulfonamides is 1. The molecule has 1 unspecified atom stereocenters. The average molecular weight is 672 g/mol. The van der Waals surface area contributed by atoms with Gasteiger partial charge >= 0.3 is 12.1 Å². The summed E-state index contributed by atoms with van der Waals surface area (Å²) >= 11 is 0. The number of benzene rings is 1. The van der Waals surface area contributed by atoms with Gasteiger partial charge in [0.1, 0.15) is 17.5 Å². The first kappa shape index (κ1) is 35.8. The fraction of sp³-hybridized carbons (Fsp3) is 0.545. The van der Waals surface area contributed by atoms with Crippen molar-refractivity contribution in [3.63, 3.8) is 0 Å². The van der Waals surface area contributed by atoms with Crippen LogP contribution in [-0.4, -0.2) is 86.0 Å². The molecule has 0 saturated carbocycles. The van der Waals surface area contributed by atoms with Crippen molar-refractivity contribution >= 4 is 39.7 Å². The molecular formula is C33H45N5O8S. The van der Waals surface area contributed by atoms with Gasteiger partial charge in [0.25, 0.3) is 0 Å². The third-order valence-corrected chi connectivity index (χ3v) is 9.63. The summed E-state index contributed by atoms with van der Waals surface area (Å²) in [5, 5.41) is 5.31. The van der Waals surface area contributed by atoms with Crippen molar-refractivity contribution in [3.8, 4) is 0 Å². The van der Waals surface area contributed by atoms with Crippen LogP contribution in [0.4, 0.5) is 10.6 Å². The minimum Gasteiger partial charge on any atom is -0.464 e. The Hall–Kier alpha value is -4.04. The monoisotopic (exact) mass is 671 g/mol. The number of rotatable bonds is 13. The maximum atomic E-state index is 12.9. The number of fused-ring (bicyclic) bond motifs is 1. The Kier molecular flexibility index (Phi) is 12.0. The number of aromatic nitrogens is 1. The van der Waals surface area contributed by atoms with Crippen molar-refractivity contribution in [2.24, 2.45) is 5.92 Å². The highest BCUT2D eigenvalue weighted by molar-refractivity contribution is 7.89. The average Bonchev–Trinajstić information content (AvgIpc) is 2.99. The van der Waals surface area contributed by atoms with Crippen molar-refractivity contribution in [1.29, 1.82) is 0 Å². The van der Waals surface area contributed by atoms with E-state index >= 15 is 0 Å². The molecule has 2 aliphatic rings. The number of aryl methyl sites for hydroxylation is 2. The molecule has 1 fully saturated rings. The zero-order valence-electron chi connectivity index (χ0n) is 27.5. The SMILES string of the molecule is CCOC(=O)C(CNC(=O)CCCCc1ccc2c(n1)N(C(=O)OC(C)(C)C)CCC2)NC(=O)C1CN(S(=O)(=O)c2ccccc2)C1. The molecule has 0 aliphatic carbocycles. The van der Waals surface area contributed by atoms with Gasteiger partial charge in [-0.1, -0.05) is 24.3 Å². The molecule has 2 N–H and O–H groups in total. The number of nitrogens with one attached hydrogen (secondary N) is 2. The van der Waals surface area contributed by atoms with Crippen LogP contribution in [0.15, 0.2) is 47.4 Å². The van der Waals surface area contributed by atoms with E-state index in [-0.39, 0.29) is 43.5 Å². The molecule has 256 valence electrons. The lowest BCUT2D eigenvalue weighted by molar-refractivity contribution is -0.148. The maximum Gasteiger partial charge on any atom is 0.416 e. The largest absolute Gasteiger partial charge is 0.464 e. The molecule has 0 bridgehead atoms. The molecule has 1 atom stereocenters. The molecule has 4 rings (SSSR count). The zero-order chi connectivity index (χ0) is 34.2. The van der Waals surface area contributed by atoms with E-state index in [2.05, 4.69) is 10.6 Å². The van der Waals surface area contributed by atoms with E-state index in [1.165, 1.54) is 16.4 Å². The summed E-state index contributed by atoms with van der Waals surface area (Å²) in [4.78, 5) is 57.3. The van der Waals surface area contributed by atoms with Gasteiger partial charge in [0.05, 0.1) is 17.4 Å². The molecule has 3 amide bonds. The van der Waals surface area contributed by atoms with Gasteiger partial charge < -0.3 is 20.1 Å². The number of pyridine rings is 1. The third kappa shape index (κ3) is 9.74. The van der Waals surface area contributed by atoms with Gasteiger partial charge in [0.15, 0.2) is 0 Å². The lowest BCUT2D eigenvalue weighted by Crippen LogP contribution is -2.59. The van der Waals surface area contributed by atoms with E-state index in [0.29, 0.717) is 31.6 Å². The van der Waals surface area contributed by atoms with E-state index in [9.17, 15) is 27.6 Å². The van der Waals surface area contributed by atoms with Crippen LogP contribution in [-0.2, 0) is 46.7 Å². The number of ether oxygens (including phenoxy) is 2. The number of anilines is 1. The lowest BCUT2D eigenvalue weighted by atomic mass is 10.0. The topological polar surface area (TPSA) is 164 Å². The first-order valence-electron chi connectivity index (χ1n) is 16.1. The number of hydrogen-bond donors (Lipinski definition) is 2. The Morgan fingerprint density at radius 3 is 2.45 bits per heavy atom. The van der Waals surface area contributed by atoms with Crippen molar-refractivity contribution in [1.82, 2.24) is 19.9 Å². The summed E-state index contributed by atoms with van der Waals surface area (Å²) in [5.74, 6) is -1.46. The molecule has 3 heterocycles. The van der Waals surface area contributed by atoms with Crippen LogP contribution < -0.4 is 15.5 Å². The van der Waals surface area contributed by atoms with Gasteiger partial charge in [-0.25, -0.2) is 23.0 Å². The number of esters is 1. The second kappa shape index (κ2) is 15.7. The van der Waals surface area contributed by atoms with Crippen LogP contribution in [0.25, 0.3) is 0 Å². The second-order valence-corrected chi connectivity index (χ2v) is 14.6. The first-order valence-corrected chi connectivity index (χ1v) is 17.5. The van der Waals surface area contributed by atoms with Crippen LogP contribution in [0, 0.1) is 5.92 Å². The number of nitrogens with zero attached hydrogens (tertiary/aromatic N) is 3. The number of carbonyl (C=O) groups excluding carboxylic acids is 4. The highest BCUT2D eigenvalue weighted by Crippen LogP contribution is 2.28. The third-order valence-electron chi connectivity index (χ3n) is 7.79. The molecule has 1 aromatic carbocycles. The highest BCUT2D eigenvalue weighted by Gasteiger charge is 2.41. The van der Waals surface area contributed by atoms with Crippen molar-refractivity contribution in [3.05, 3.63) is 53.7 Å². The van der Waals surface area contributed by atoms with Gasteiger partial charge in [-0.05, 0) is 83.6 Å². The fourth-order valence-corrected chi connectivity index (χ4v) is 6.83. The van der Waals surface area contributed by atoms with Gasteiger partial charge in [-0.15, -0.1) is 0 Å². The Morgan fingerprint density at radius 2 is 1.77 bits per heavy atom. The molecule has 14 heteroatoms. The van der Waals surface area contributed by atoms with Crippen molar-refractivity contribution in [2.75, 3.05) is 37.7 Å². The smallest absolute Gasteiger partial charge is 0.416 e. The van der Waals surface area contributed by atoms with Crippen LogP contribution in [0.1, 0.15) is 64.6 Å². The summed E-state index contributed by atoms with van der Waals surface area (Å²) < 4.78 is 37.4. The number of carbonyl (C=O) groups is 4. The summed E-state index contributed by atoms with van der Waals surface area (Å²) in [5.41, 5.74) is 1.21. The van der Waals surface area contributed by atoms with E-state index in [1.54, 1.807) is 30.0 Å². The standard InChI is InChI=1S/C33H45N5O8S/c1-5-45-31(41)27(36-30(40)24-21-37(22-24)47(43,44)26-14-7-6-8-15-26)20-34-28(39)16-10-9-13-25-18-17-23-12-11-19-38(29(23)35-25)32(42)46-33(2,3)4/h6-8,14-15,17-18,24,27H,5,9-13,16,19-22H2,1-4H3,(H,34,39)(H,36,40). The highest BCUT2D eigenvalue weighted by atomic mass is 32.2. The Morgan fingerprint density at radius 1 is 1.04 bits per heavy atom. The Labute approximate surface area is 276 Å². The molecule has 2 aliphatic heterocycles. The number of amides is 3. The predicted octanol–water partition coefficient (Wildman–Crippen LogP) is 2.97. The summed E-state index contributed by atoms with van der Waals surface area (Å²) in [7, 11) is -3.71. The minimum atomic E-state index is -3.71. The maximum absolute atomic E-state index is 12.9. The van der Waals surface area contributed by atoms with Gasteiger partial charge in [0.2, 0.25) is 21.8 Å². The number of unbranched alkanes of at least 4 members (excludes halogenated alkanes) is 1. The van der Waals surface area contributed by atoms with Crippen LogP contribution in [0.5, 0.6) is 0 Å². The normalized spacial score (nSPS) is 16.0. The minimum absolute atomic E-state index is 0.0108. The molecule has 2 aromatic rings. The van der Waals surface area contributed by atoms with Gasteiger partial charge in [-0.2, -0.15) is 4.31 Å². The quantitative estimate of drug-likeness (QED) is 0.241. The fourth-order valence-electron chi connectivity index (χ4n) is 5.28. The van der Waals surface area contributed by atoms with Crippen molar-refractivity contribution < 1.29 is 37.1 Å². The molecule has 1 saturated heterocycles. The first-order chi connectivity index (χ1) is 22.3. The van der Waals surface area contributed by atoms with Crippen LogP contribution in [0.2, 0.25) is 0 Å². The summed E-state index contributed by atoms with van der Waals surface area (Å²) in [6.07, 6.45) is 3.31. The molecular weight excluding hydrogens is 626 g/mol. The molecule has 0 radical (unpaired) electrons. The Balaban J connectivity index is 1.22. The lowest BCUT2D eigenvalue weighted by Gasteiger charge is -2.37. The zero-order valence-corrected chi connectivity index (χ0v) is 28.3. The number of hydrogen-bond acceptors (Lipinski definition) is 9. The van der Waals surface area contributed by atoms with E-state index in [4.69, 9.17) is 14.5 Å². The second-order valence-electron chi connectivity index (χ2n) is 12.7. The molecule has 1 aromatic heterocycles. The van der Waals surface area contributed by atoms with Gasteiger partial charge in [0, 0.05) is 38.3 Å². The Bertz CT molecular complexity index is 1540. The summed E-state index contributed by atoms with van der Waals surface area (Å²) in [6, 6.07) is 10.8. The van der Waals surface area contributed by atoms with Crippen molar-refractivity contribution in [2.45, 2.75) is 82.8 Å². The van der Waals surface area contributed by atoms with Gasteiger partial charge in [-0.3, -0.25) is 14.5 Å². The molecule has 47 heavy (non-hydrogen) atoms. The van der Waals surface area contributed by atoms with E-state index in [0.717, 1.165) is 24.1 Å². The molecule has 0 spiro atoms. The van der Waals surface area contributed by atoms with E-state index < -0.39 is 45.6 Å². The predicted molar refractivity (Wildman–Crippen MR) is 174 cm³/mol. The summed E-state index contributed by atoms with van der Waals surface area (Å²) in [6.45, 7) is 7.58. The van der Waals surface area contributed by atoms with Crippen LogP contribution in [0.3, 0.4) is 0 Å². The molecule has 13 nitrogen and oxygen atoms in total. The van der Waals surface area contributed by atoms with E-state index in [1.807, 2.05) is 32.9 Å². The van der Waals surface area contributed by atoms with Crippen LogP contribution >= 0.6 is 0 Å².